The van der Waals surface area contributed by atoms with E-state index in [4.69, 9.17) is 28.5 Å². The van der Waals surface area contributed by atoms with Crippen molar-refractivity contribution in [3.05, 3.63) is 33.9 Å². The Labute approximate surface area is 109 Å². The number of aromatic nitrogens is 1. The zero-order valence-electron chi connectivity index (χ0n) is 9.33. The topological polar surface area (TPSA) is 39.9 Å². The molecule has 0 aliphatic rings. The molecule has 3 nitrogen and oxygen atoms in total. The molecule has 1 aromatic carbocycles. The predicted octanol–water partition coefficient (Wildman–Crippen LogP) is 3.48. The molecule has 1 aromatic heterocycles. The van der Waals surface area contributed by atoms with Gasteiger partial charge in [0, 0.05) is 25.2 Å². The molecular weight excluding hydrogens is 257 g/mol. The summed E-state index contributed by atoms with van der Waals surface area (Å²) in [4.78, 5) is 6.10. The van der Waals surface area contributed by atoms with Gasteiger partial charge in [-0.25, -0.2) is 4.98 Å². The molecule has 0 spiro atoms. The van der Waals surface area contributed by atoms with Crippen LogP contribution >= 0.6 is 23.2 Å². The van der Waals surface area contributed by atoms with E-state index in [2.05, 4.69) is 4.98 Å². The monoisotopic (exact) mass is 265 g/mol. The first-order valence-corrected chi connectivity index (χ1v) is 5.66. The highest BCUT2D eigenvalue weighted by Crippen LogP contribution is 2.34. The third-order valence-electron chi connectivity index (χ3n) is 2.45. The number of fused-ring (bicyclic) bond motifs is 1. The largest absolute Gasteiger partial charge is 0.377 e. The van der Waals surface area contributed by atoms with Crippen LogP contribution in [0.15, 0.2) is 18.2 Å². The van der Waals surface area contributed by atoms with Gasteiger partial charge in [0.15, 0.2) is 0 Å². The summed E-state index contributed by atoms with van der Waals surface area (Å²) >= 11 is 12.1. The number of benzene rings is 1. The average molecular weight is 266 g/mol. The van der Waals surface area contributed by atoms with E-state index in [1.807, 2.05) is 31.1 Å². The van der Waals surface area contributed by atoms with E-state index in [9.17, 15) is 0 Å². The fraction of sp³-hybridized carbons (Fsp3) is 0.167. The molecule has 0 saturated heterocycles. The van der Waals surface area contributed by atoms with Crippen molar-refractivity contribution in [1.82, 2.24) is 4.98 Å². The molecule has 0 aliphatic carbocycles. The van der Waals surface area contributed by atoms with Gasteiger partial charge in [-0.2, -0.15) is 5.26 Å². The zero-order valence-corrected chi connectivity index (χ0v) is 10.8. The van der Waals surface area contributed by atoms with Crippen LogP contribution in [0.25, 0.3) is 10.9 Å². The normalized spacial score (nSPS) is 10.3. The van der Waals surface area contributed by atoms with Crippen molar-refractivity contribution >= 4 is 39.8 Å². The van der Waals surface area contributed by atoms with Gasteiger partial charge < -0.3 is 4.90 Å². The second-order valence-electron chi connectivity index (χ2n) is 3.79. The summed E-state index contributed by atoms with van der Waals surface area (Å²) in [6, 6.07) is 7.33. The van der Waals surface area contributed by atoms with Crippen molar-refractivity contribution in [3.63, 3.8) is 0 Å². The molecule has 86 valence electrons. The number of hydrogen-bond acceptors (Lipinski definition) is 3. The summed E-state index contributed by atoms with van der Waals surface area (Å²) in [6.07, 6.45) is 0. The van der Waals surface area contributed by atoms with E-state index in [0.29, 0.717) is 21.3 Å². The van der Waals surface area contributed by atoms with Crippen LogP contribution < -0.4 is 4.90 Å². The number of halogens is 2. The van der Waals surface area contributed by atoms with Crippen LogP contribution in [0.4, 0.5) is 5.69 Å². The first kappa shape index (κ1) is 12.0. The third kappa shape index (κ3) is 2.02. The number of hydrogen-bond donors (Lipinski definition) is 0. The van der Waals surface area contributed by atoms with Crippen molar-refractivity contribution in [2.45, 2.75) is 0 Å². The Balaban J connectivity index is 2.92. The van der Waals surface area contributed by atoms with Crippen molar-refractivity contribution in [2.75, 3.05) is 19.0 Å². The first-order valence-electron chi connectivity index (χ1n) is 4.90. The van der Waals surface area contributed by atoms with Crippen molar-refractivity contribution < 1.29 is 0 Å². The lowest BCUT2D eigenvalue weighted by Gasteiger charge is -2.16. The minimum absolute atomic E-state index is 0.324. The summed E-state index contributed by atoms with van der Waals surface area (Å²) < 4.78 is 0. The van der Waals surface area contributed by atoms with Gasteiger partial charge in [0.05, 0.1) is 15.6 Å². The van der Waals surface area contributed by atoms with Crippen LogP contribution in [0, 0.1) is 11.3 Å². The summed E-state index contributed by atoms with van der Waals surface area (Å²) in [6.45, 7) is 0. The molecule has 0 radical (unpaired) electrons. The van der Waals surface area contributed by atoms with Gasteiger partial charge in [0.1, 0.15) is 11.8 Å². The highest BCUT2D eigenvalue weighted by Gasteiger charge is 2.12. The maximum Gasteiger partial charge on any atom is 0.143 e. The van der Waals surface area contributed by atoms with Gasteiger partial charge in [0.2, 0.25) is 0 Å². The molecule has 0 bridgehead atoms. The Morgan fingerprint density at radius 2 is 2.00 bits per heavy atom. The second kappa shape index (κ2) is 4.40. The number of anilines is 1. The van der Waals surface area contributed by atoms with Gasteiger partial charge in [-0.3, -0.25) is 0 Å². The predicted molar refractivity (Wildman–Crippen MR) is 70.8 cm³/mol. The second-order valence-corrected chi connectivity index (χ2v) is 4.58. The van der Waals surface area contributed by atoms with Crippen LogP contribution in [0.1, 0.15) is 5.69 Å². The molecule has 5 heteroatoms. The highest BCUT2D eigenvalue weighted by molar-refractivity contribution is 6.45. The number of nitriles is 1. The quantitative estimate of drug-likeness (QED) is 0.793. The molecule has 0 N–H and O–H groups in total. The fourth-order valence-corrected chi connectivity index (χ4v) is 2.00. The average Bonchev–Trinajstić information content (AvgIpc) is 2.32. The maximum absolute atomic E-state index is 8.96. The van der Waals surface area contributed by atoms with Crippen LogP contribution in [-0.2, 0) is 0 Å². The van der Waals surface area contributed by atoms with Gasteiger partial charge in [0.25, 0.3) is 0 Å². The van der Waals surface area contributed by atoms with E-state index in [-0.39, 0.29) is 0 Å². The Morgan fingerprint density at radius 1 is 1.29 bits per heavy atom. The summed E-state index contributed by atoms with van der Waals surface area (Å²) in [5.41, 5.74) is 1.78. The van der Waals surface area contributed by atoms with Gasteiger partial charge in [-0.15, -0.1) is 0 Å². The molecule has 0 aliphatic heterocycles. The minimum Gasteiger partial charge on any atom is -0.377 e. The molecule has 2 rings (SSSR count). The van der Waals surface area contributed by atoms with Crippen LogP contribution in [-0.4, -0.2) is 19.1 Å². The van der Waals surface area contributed by atoms with Crippen molar-refractivity contribution in [2.24, 2.45) is 0 Å². The minimum atomic E-state index is 0.324. The smallest absolute Gasteiger partial charge is 0.143 e. The van der Waals surface area contributed by atoms with Crippen LogP contribution in [0.3, 0.4) is 0 Å². The van der Waals surface area contributed by atoms with Gasteiger partial charge in [-0.1, -0.05) is 23.2 Å². The third-order valence-corrected chi connectivity index (χ3v) is 3.24. The lowest BCUT2D eigenvalue weighted by molar-refractivity contribution is 1.13. The molecule has 17 heavy (non-hydrogen) atoms. The molecule has 1 heterocycles. The molecule has 0 atom stereocenters. The molecule has 0 saturated carbocycles. The summed E-state index contributed by atoms with van der Waals surface area (Å²) in [7, 11) is 3.80. The molecular formula is C12H9Cl2N3. The van der Waals surface area contributed by atoms with Crippen LogP contribution in [0.2, 0.25) is 10.0 Å². The van der Waals surface area contributed by atoms with Crippen LogP contribution in [0.5, 0.6) is 0 Å². The lowest BCUT2D eigenvalue weighted by atomic mass is 10.1. The molecule has 0 amide bonds. The standard InChI is InChI=1S/C12H9Cl2N3/c1-17(2)10-5-7(6-15)16-12-8(10)3-4-9(13)11(12)14/h3-5H,1-2H3. The Hall–Kier alpha value is -1.50. The number of pyridine rings is 1. The van der Waals surface area contributed by atoms with Gasteiger partial charge in [-0.05, 0) is 18.2 Å². The lowest BCUT2D eigenvalue weighted by Crippen LogP contribution is -2.10. The molecule has 0 fully saturated rings. The molecule has 0 unspecified atom stereocenters. The molecule has 2 aromatic rings. The first-order chi connectivity index (χ1) is 8.04. The van der Waals surface area contributed by atoms with Crippen molar-refractivity contribution in [1.29, 1.82) is 5.26 Å². The SMILES string of the molecule is CN(C)c1cc(C#N)nc2c(Cl)c(Cl)ccc12. The Kier molecular flexibility index (Phi) is 3.10. The Bertz CT molecular complexity index is 630. The zero-order chi connectivity index (χ0) is 12.6. The summed E-state index contributed by atoms with van der Waals surface area (Å²) in [5.74, 6) is 0. The van der Waals surface area contributed by atoms with E-state index in [1.165, 1.54) is 0 Å². The van der Waals surface area contributed by atoms with Crippen molar-refractivity contribution in [3.8, 4) is 6.07 Å². The Morgan fingerprint density at radius 3 is 2.59 bits per heavy atom. The van der Waals surface area contributed by atoms with E-state index in [1.54, 1.807) is 12.1 Å². The maximum atomic E-state index is 8.96. The van der Waals surface area contributed by atoms with Gasteiger partial charge >= 0.3 is 0 Å². The fourth-order valence-electron chi connectivity index (χ4n) is 1.64. The van der Waals surface area contributed by atoms with E-state index in [0.717, 1.165) is 11.1 Å². The highest BCUT2D eigenvalue weighted by atomic mass is 35.5. The van der Waals surface area contributed by atoms with E-state index >= 15 is 0 Å². The summed E-state index contributed by atoms with van der Waals surface area (Å²) in [5, 5.41) is 10.7. The number of nitrogens with zero attached hydrogens (tertiary/aromatic N) is 3. The number of rotatable bonds is 1. The van der Waals surface area contributed by atoms with E-state index < -0.39 is 0 Å².